The summed E-state index contributed by atoms with van der Waals surface area (Å²) in [4.78, 5) is 7.75. The lowest BCUT2D eigenvalue weighted by Gasteiger charge is -2.25. The van der Waals surface area contributed by atoms with E-state index in [2.05, 4.69) is 31.2 Å². The van der Waals surface area contributed by atoms with E-state index in [0.29, 0.717) is 0 Å². The lowest BCUT2D eigenvalue weighted by molar-refractivity contribution is -0.0519. The molecule has 0 radical (unpaired) electrons. The minimum Gasteiger partial charge on any atom is -0.394 e. The largest absolute Gasteiger partial charge is 0.394 e. The average molecular weight is 364 g/mol. The van der Waals surface area contributed by atoms with Crippen molar-refractivity contribution in [3.05, 3.63) is 12.0 Å². The van der Waals surface area contributed by atoms with Crippen LogP contribution < -0.4 is 11.1 Å². The Hall–Kier alpha value is -1.24. The third-order valence-corrected chi connectivity index (χ3v) is 3.95. The van der Waals surface area contributed by atoms with Gasteiger partial charge in [-0.15, -0.1) is 0 Å². The van der Waals surface area contributed by atoms with Gasteiger partial charge in [0.2, 0.25) is 0 Å². The number of alkyl halides is 1. The number of aliphatic imine (C=N–C) groups is 1. The van der Waals surface area contributed by atoms with E-state index in [1.54, 1.807) is 0 Å². The standard InChI is InChI=1S/C10H14BrN5O5/c11-10(20)6-7(14-9(12)15-10)16(2-13-6)8-5(19)4(18)3(1-17)21-8/h2-5,8,17-20H,1H2,(H3,12,14,15)/t3-,4-,5-,8-,10?/m1/s1. The van der Waals surface area contributed by atoms with Crippen LogP contribution in [0.3, 0.4) is 0 Å². The summed E-state index contributed by atoms with van der Waals surface area (Å²) in [5, 5.41) is 41.8. The summed E-state index contributed by atoms with van der Waals surface area (Å²) in [6, 6.07) is 0. The Morgan fingerprint density at radius 2 is 2.19 bits per heavy atom. The summed E-state index contributed by atoms with van der Waals surface area (Å²) in [6.07, 6.45) is -3.12. The highest BCUT2D eigenvalue weighted by molar-refractivity contribution is 9.09. The Morgan fingerprint density at radius 3 is 2.81 bits per heavy atom. The lowest BCUT2D eigenvalue weighted by atomic mass is 10.1. The molecule has 0 aliphatic carbocycles. The second-order valence-corrected chi connectivity index (χ2v) is 5.89. The maximum Gasteiger partial charge on any atom is 0.264 e. The number of aliphatic hydroxyl groups is 4. The number of halogens is 1. The fourth-order valence-electron chi connectivity index (χ4n) is 2.38. The lowest BCUT2D eigenvalue weighted by Crippen LogP contribution is -2.36. The van der Waals surface area contributed by atoms with Crippen LogP contribution in [0.15, 0.2) is 11.3 Å². The maximum atomic E-state index is 10.1. The zero-order valence-corrected chi connectivity index (χ0v) is 12.2. The molecule has 5 atom stereocenters. The molecule has 2 aliphatic heterocycles. The highest BCUT2D eigenvalue weighted by Crippen LogP contribution is 2.40. The Kier molecular flexibility index (Phi) is 3.43. The Bertz CT molecular complexity index is 590. The van der Waals surface area contributed by atoms with Crippen molar-refractivity contribution >= 4 is 27.7 Å². The van der Waals surface area contributed by atoms with Crippen molar-refractivity contribution in [2.75, 3.05) is 11.9 Å². The molecule has 1 fully saturated rings. The van der Waals surface area contributed by atoms with Crippen molar-refractivity contribution < 1.29 is 25.2 Å². The van der Waals surface area contributed by atoms with Gasteiger partial charge in [-0.2, -0.15) is 0 Å². The van der Waals surface area contributed by atoms with Crippen molar-refractivity contribution in [3.8, 4) is 0 Å². The number of aromatic nitrogens is 2. The number of guanidine groups is 1. The van der Waals surface area contributed by atoms with E-state index in [0.717, 1.165) is 0 Å². The first kappa shape index (κ1) is 14.7. The Balaban J connectivity index is 1.99. The van der Waals surface area contributed by atoms with Gasteiger partial charge in [0.1, 0.15) is 29.8 Å². The second kappa shape index (κ2) is 4.90. The van der Waals surface area contributed by atoms with Gasteiger partial charge in [0.05, 0.1) is 12.9 Å². The van der Waals surface area contributed by atoms with E-state index in [-0.39, 0.29) is 17.5 Å². The minimum atomic E-state index is -1.79. The number of hydrogen-bond acceptors (Lipinski definition) is 9. The van der Waals surface area contributed by atoms with Crippen molar-refractivity contribution in [3.63, 3.8) is 0 Å². The predicted molar refractivity (Wildman–Crippen MR) is 73.3 cm³/mol. The summed E-state index contributed by atoms with van der Waals surface area (Å²) in [5.41, 5.74) is 5.72. The number of nitrogens with one attached hydrogen (secondary N) is 1. The molecule has 0 amide bonds. The molecule has 3 heterocycles. The van der Waals surface area contributed by atoms with Crippen LogP contribution in [0, 0.1) is 0 Å². The predicted octanol–water partition coefficient (Wildman–Crippen LogP) is -2.27. The number of rotatable bonds is 2. The topological polar surface area (TPSA) is 158 Å². The first-order valence-electron chi connectivity index (χ1n) is 6.08. The molecule has 7 N–H and O–H groups in total. The monoisotopic (exact) mass is 363 g/mol. The van der Waals surface area contributed by atoms with Gasteiger partial charge in [0, 0.05) is 0 Å². The van der Waals surface area contributed by atoms with Crippen molar-refractivity contribution in [2.24, 2.45) is 10.7 Å². The quantitative estimate of drug-likeness (QED) is 0.253. The molecule has 116 valence electrons. The fraction of sp³-hybridized carbons (Fsp3) is 0.600. The zero-order valence-electron chi connectivity index (χ0n) is 10.6. The van der Waals surface area contributed by atoms with E-state index >= 15 is 0 Å². The van der Waals surface area contributed by atoms with Crippen LogP contribution in [0.5, 0.6) is 0 Å². The van der Waals surface area contributed by atoms with Crippen LogP contribution in [-0.4, -0.2) is 60.9 Å². The van der Waals surface area contributed by atoms with E-state index in [9.17, 15) is 15.3 Å². The number of fused-ring (bicyclic) bond motifs is 1. The SMILES string of the molecule is NC1=NC(O)(Br)c2ncn([C@@H]3O[C@H](CO)[C@@H](O)[C@H]3O)c2N1. The molecule has 0 saturated carbocycles. The number of aliphatic hydroxyl groups excluding tert-OH is 3. The molecule has 3 rings (SSSR count). The molecular formula is C10H14BrN5O5. The molecular weight excluding hydrogens is 350 g/mol. The number of ether oxygens (including phenoxy) is 1. The van der Waals surface area contributed by atoms with Crippen LogP contribution in [0.2, 0.25) is 0 Å². The maximum absolute atomic E-state index is 10.1. The second-order valence-electron chi connectivity index (χ2n) is 4.79. The van der Waals surface area contributed by atoms with Gasteiger partial charge in [-0.05, 0) is 15.9 Å². The summed E-state index contributed by atoms with van der Waals surface area (Å²) in [6.45, 7) is -0.439. The molecule has 11 heteroatoms. The summed E-state index contributed by atoms with van der Waals surface area (Å²) < 4.78 is 4.98. The fourth-order valence-corrected chi connectivity index (χ4v) is 2.86. The van der Waals surface area contributed by atoms with Crippen molar-refractivity contribution in [1.82, 2.24) is 9.55 Å². The van der Waals surface area contributed by atoms with E-state index in [1.165, 1.54) is 10.9 Å². The first-order valence-corrected chi connectivity index (χ1v) is 6.88. The molecule has 0 aromatic carbocycles. The third kappa shape index (κ3) is 2.22. The van der Waals surface area contributed by atoms with E-state index in [1.807, 2.05) is 0 Å². The van der Waals surface area contributed by atoms with Gasteiger partial charge in [0.15, 0.2) is 12.2 Å². The van der Waals surface area contributed by atoms with Crippen LogP contribution in [0.1, 0.15) is 11.9 Å². The zero-order chi connectivity index (χ0) is 15.4. The van der Waals surface area contributed by atoms with Gasteiger partial charge in [-0.3, -0.25) is 4.57 Å². The minimum absolute atomic E-state index is 0.0598. The Labute approximate surface area is 127 Å². The molecule has 1 aromatic rings. The first-order chi connectivity index (χ1) is 9.85. The summed E-state index contributed by atoms with van der Waals surface area (Å²) >= 11 is 2.99. The molecule has 2 aliphatic rings. The number of anilines is 1. The van der Waals surface area contributed by atoms with E-state index in [4.69, 9.17) is 15.6 Å². The van der Waals surface area contributed by atoms with Gasteiger partial charge in [-0.1, -0.05) is 0 Å². The smallest absolute Gasteiger partial charge is 0.264 e. The van der Waals surface area contributed by atoms with Crippen LogP contribution in [0.25, 0.3) is 0 Å². The van der Waals surface area contributed by atoms with Crippen LogP contribution in [-0.2, 0) is 9.37 Å². The van der Waals surface area contributed by atoms with Gasteiger partial charge >= 0.3 is 0 Å². The summed E-state index contributed by atoms with van der Waals surface area (Å²) in [5.74, 6) is 0.201. The number of nitrogens with two attached hydrogens (primary N) is 1. The van der Waals surface area contributed by atoms with Crippen molar-refractivity contribution in [1.29, 1.82) is 0 Å². The van der Waals surface area contributed by atoms with Crippen LogP contribution in [0.4, 0.5) is 5.82 Å². The molecule has 10 nitrogen and oxygen atoms in total. The van der Waals surface area contributed by atoms with Crippen molar-refractivity contribution in [2.45, 2.75) is 29.2 Å². The van der Waals surface area contributed by atoms with Crippen LogP contribution >= 0.6 is 15.9 Å². The highest BCUT2D eigenvalue weighted by Gasteiger charge is 2.46. The van der Waals surface area contributed by atoms with Gasteiger partial charge in [0.25, 0.3) is 4.63 Å². The molecule has 21 heavy (non-hydrogen) atoms. The summed E-state index contributed by atoms with van der Waals surface area (Å²) in [7, 11) is 0. The highest BCUT2D eigenvalue weighted by atomic mass is 79.9. The number of nitrogens with zero attached hydrogens (tertiary/aromatic N) is 3. The normalized spacial score (nSPS) is 38.8. The molecule has 0 bridgehead atoms. The average Bonchev–Trinajstić information content (AvgIpc) is 2.93. The number of hydrogen-bond donors (Lipinski definition) is 6. The molecule has 0 spiro atoms. The third-order valence-electron chi connectivity index (χ3n) is 3.40. The molecule has 1 unspecified atom stereocenters. The molecule has 1 aromatic heterocycles. The van der Waals surface area contributed by atoms with E-state index < -0.39 is 35.8 Å². The van der Waals surface area contributed by atoms with Gasteiger partial charge < -0.3 is 36.2 Å². The number of imidazole rings is 1. The van der Waals surface area contributed by atoms with Gasteiger partial charge in [-0.25, -0.2) is 9.98 Å². The Morgan fingerprint density at radius 1 is 1.48 bits per heavy atom. The molecule has 1 saturated heterocycles.